The predicted molar refractivity (Wildman–Crippen MR) is 381 cm³/mol. The van der Waals surface area contributed by atoms with Gasteiger partial charge in [0, 0.05) is 25.7 Å². The normalized spacial score (nSPS) is 14.6. The molecule has 0 fully saturated rings. The molecule has 554 valence electrons. The van der Waals surface area contributed by atoms with Crippen molar-refractivity contribution in [2.45, 2.75) is 375 Å². The van der Waals surface area contributed by atoms with Crippen LogP contribution in [0.3, 0.4) is 0 Å². The van der Waals surface area contributed by atoms with Crippen LogP contribution < -0.4 is 0 Å². The first-order valence-electron chi connectivity index (χ1n) is 38.2. The number of esters is 4. The van der Waals surface area contributed by atoms with E-state index in [-0.39, 0.29) is 25.7 Å². The molecule has 0 aliphatic heterocycles. The smallest absolute Gasteiger partial charge is 0.462 e. The molecule has 0 aromatic rings. The van der Waals surface area contributed by atoms with Gasteiger partial charge in [-0.25, -0.2) is 9.13 Å². The van der Waals surface area contributed by atoms with Crippen LogP contribution in [0, 0.1) is 17.8 Å². The third kappa shape index (κ3) is 66.8. The largest absolute Gasteiger partial charge is 0.472 e. The molecule has 0 spiro atoms. The number of phosphoric ester groups is 2. The van der Waals surface area contributed by atoms with Crippen LogP contribution in [0.25, 0.3) is 0 Å². The fraction of sp³-hybridized carbons (Fsp3) is 0.893. The Balaban J connectivity index is 5.24. The second-order valence-electron chi connectivity index (χ2n) is 27.5. The van der Waals surface area contributed by atoms with Crippen LogP contribution in [0.1, 0.15) is 357 Å². The molecule has 0 saturated carbocycles. The van der Waals surface area contributed by atoms with Gasteiger partial charge in [-0.1, -0.05) is 304 Å². The molecular formula is C75H142O17P2. The van der Waals surface area contributed by atoms with Crippen molar-refractivity contribution < 1.29 is 80.2 Å². The third-order valence-corrected chi connectivity index (χ3v) is 19.0. The van der Waals surface area contributed by atoms with Gasteiger partial charge < -0.3 is 33.8 Å². The predicted octanol–water partition coefficient (Wildman–Crippen LogP) is 21.3. The number of aliphatic hydroxyl groups is 1. The Morgan fingerprint density at radius 3 is 0.947 bits per heavy atom. The molecule has 0 aliphatic rings. The van der Waals surface area contributed by atoms with Gasteiger partial charge in [0.15, 0.2) is 12.2 Å². The first kappa shape index (κ1) is 91.5. The van der Waals surface area contributed by atoms with E-state index in [0.29, 0.717) is 31.6 Å². The lowest BCUT2D eigenvalue weighted by molar-refractivity contribution is -0.161. The Labute approximate surface area is 573 Å². The number of rotatable bonds is 71. The standard InChI is InChI=1S/C75H142O17P2/c1-8-10-11-12-13-14-15-16-17-22-25-30-35-44-51-58-74(79)92-71(63-86-73(78)57-50-43-38-37-40-47-54-67(5)6)65-90-94(83,84)88-61-69(76)60-87-93(81,82)89-64-70(91-75(80)59-52-45-36-31-26-27-32-39-46-53-66(3)4)62-85-72(77)56-49-42-34-29-24-21-19-18-20-23-28-33-41-48-55-68(7)9-2/h14-17,66-71,76H,8-13,18-65H2,1-7H3,(H,81,82)(H,83,84)/b15-14-,17-16-/t68?,69-,70-,71-/m1/s1. The maximum atomic E-state index is 13.1. The van der Waals surface area contributed by atoms with Gasteiger partial charge in [0.1, 0.15) is 19.3 Å². The lowest BCUT2D eigenvalue weighted by Crippen LogP contribution is -2.30. The van der Waals surface area contributed by atoms with E-state index in [4.69, 9.17) is 37.0 Å². The highest BCUT2D eigenvalue weighted by Crippen LogP contribution is 2.45. The third-order valence-electron chi connectivity index (χ3n) is 17.1. The van der Waals surface area contributed by atoms with Gasteiger partial charge in [-0.2, -0.15) is 0 Å². The Bertz CT molecular complexity index is 1930. The number of hydrogen-bond acceptors (Lipinski definition) is 15. The molecule has 0 aromatic carbocycles. The minimum Gasteiger partial charge on any atom is -0.462 e. The minimum absolute atomic E-state index is 0.0836. The highest BCUT2D eigenvalue weighted by molar-refractivity contribution is 7.47. The summed E-state index contributed by atoms with van der Waals surface area (Å²) in [6.07, 6.45) is 53.7. The lowest BCUT2D eigenvalue weighted by atomic mass is 9.99. The van der Waals surface area contributed by atoms with Crippen molar-refractivity contribution in [1.82, 2.24) is 0 Å². The van der Waals surface area contributed by atoms with Crippen molar-refractivity contribution in [3.63, 3.8) is 0 Å². The number of carbonyl (C=O) groups excluding carboxylic acids is 4. The molecule has 0 saturated heterocycles. The Morgan fingerprint density at radius 1 is 0.351 bits per heavy atom. The van der Waals surface area contributed by atoms with E-state index in [9.17, 15) is 43.2 Å². The summed E-state index contributed by atoms with van der Waals surface area (Å²) in [7, 11) is -9.92. The molecule has 3 unspecified atom stereocenters. The van der Waals surface area contributed by atoms with Crippen LogP contribution >= 0.6 is 15.6 Å². The Morgan fingerprint density at radius 2 is 0.628 bits per heavy atom. The van der Waals surface area contributed by atoms with Gasteiger partial charge in [-0.05, 0) is 69.1 Å². The van der Waals surface area contributed by atoms with Gasteiger partial charge in [-0.15, -0.1) is 0 Å². The maximum absolute atomic E-state index is 13.1. The van der Waals surface area contributed by atoms with Gasteiger partial charge >= 0.3 is 39.5 Å². The summed E-state index contributed by atoms with van der Waals surface area (Å²) in [5.74, 6) is 0.106. The summed E-state index contributed by atoms with van der Waals surface area (Å²) in [6.45, 7) is 11.8. The highest BCUT2D eigenvalue weighted by atomic mass is 31.2. The molecule has 0 amide bonds. The molecule has 17 nitrogen and oxygen atoms in total. The molecule has 0 aliphatic carbocycles. The summed E-state index contributed by atoms with van der Waals surface area (Å²) in [4.78, 5) is 72.7. The summed E-state index contributed by atoms with van der Waals surface area (Å²) in [6, 6.07) is 0. The van der Waals surface area contributed by atoms with Crippen molar-refractivity contribution in [2.24, 2.45) is 17.8 Å². The molecular weight excluding hydrogens is 1230 g/mol. The number of hydrogen-bond donors (Lipinski definition) is 3. The van der Waals surface area contributed by atoms with E-state index >= 15 is 0 Å². The summed E-state index contributed by atoms with van der Waals surface area (Å²) >= 11 is 0. The van der Waals surface area contributed by atoms with Crippen molar-refractivity contribution in [3.8, 4) is 0 Å². The first-order chi connectivity index (χ1) is 45.3. The second-order valence-corrected chi connectivity index (χ2v) is 30.5. The van der Waals surface area contributed by atoms with E-state index < -0.39 is 97.5 Å². The van der Waals surface area contributed by atoms with Crippen LogP contribution in [-0.4, -0.2) is 96.7 Å². The van der Waals surface area contributed by atoms with Crippen LogP contribution in [0.15, 0.2) is 24.3 Å². The molecule has 19 heteroatoms. The second kappa shape index (κ2) is 65.2. The zero-order chi connectivity index (χ0) is 69.4. The van der Waals surface area contributed by atoms with E-state index in [1.807, 2.05) is 0 Å². The maximum Gasteiger partial charge on any atom is 0.472 e. The van der Waals surface area contributed by atoms with Crippen molar-refractivity contribution in [2.75, 3.05) is 39.6 Å². The number of aliphatic hydroxyl groups excluding tert-OH is 1. The summed E-state index contributed by atoms with van der Waals surface area (Å²) in [5.41, 5.74) is 0. The van der Waals surface area contributed by atoms with Crippen molar-refractivity contribution >= 4 is 39.5 Å². The number of unbranched alkanes of at least 4 members (excludes halogenated alkanes) is 35. The minimum atomic E-state index is -4.96. The van der Waals surface area contributed by atoms with Crippen LogP contribution in [0.5, 0.6) is 0 Å². The van der Waals surface area contributed by atoms with Crippen LogP contribution in [0.4, 0.5) is 0 Å². The summed E-state index contributed by atoms with van der Waals surface area (Å²) < 4.78 is 68.4. The van der Waals surface area contributed by atoms with Gasteiger partial charge in [0.2, 0.25) is 0 Å². The molecule has 6 atom stereocenters. The highest BCUT2D eigenvalue weighted by Gasteiger charge is 2.30. The number of ether oxygens (including phenoxy) is 4. The Hall–Kier alpha value is -2.46. The molecule has 3 N–H and O–H groups in total. The zero-order valence-corrected chi connectivity index (χ0v) is 62.7. The summed E-state index contributed by atoms with van der Waals surface area (Å²) in [5, 5.41) is 10.6. The zero-order valence-electron chi connectivity index (χ0n) is 60.9. The molecule has 0 heterocycles. The number of carbonyl (C=O) groups is 4. The lowest BCUT2D eigenvalue weighted by Gasteiger charge is -2.21. The van der Waals surface area contributed by atoms with Crippen LogP contribution in [0.2, 0.25) is 0 Å². The first-order valence-corrected chi connectivity index (χ1v) is 41.2. The fourth-order valence-electron chi connectivity index (χ4n) is 10.9. The monoisotopic (exact) mass is 1380 g/mol. The van der Waals surface area contributed by atoms with Crippen molar-refractivity contribution in [1.29, 1.82) is 0 Å². The number of phosphoric acid groups is 2. The molecule has 0 rings (SSSR count). The molecule has 0 radical (unpaired) electrons. The van der Waals surface area contributed by atoms with Gasteiger partial charge in [0.25, 0.3) is 0 Å². The van der Waals surface area contributed by atoms with E-state index in [1.165, 1.54) is 148 Å². The number of allylic oxidation sites excluding steroid dienone is 4. The topological polar surface area (TPSA) is 237 Å². The van der Waals surface area contributed by atoms with E-state index in [2.05, 4.69) is 72.8 Å². The molecule has 0 aromatic heterocycles. The SMILES string of the molecule is CCCCCC/C=C\C=C/CCCCCCCC(=O)O[C@H](COC(=O)CCCCCCCCC(C)C)COP(=O)(O)OC[C@H](O)COP(=O)(O)OC[C@@H](COC(=O)CCCCCCCCCCCCCCCCC(C)CC)OC(=O)CCCCCCCCCCCC(C)C. The average Bonchev–Trinajstić information content (AvgIpc) is 1.08. The van der Waals surface area contributed by atoms with E-state index in [1.54, 1.807) is 0 Å². The Kier molecular flexibility index (Phi) is 63.5. The van der Waals surface area contributed by atoms with Crippen LogP contribution in [-0.2, 0) is 65.4 Å². The van der Waals surface area contributed by atoms with Crippen molar-refractivity contribution in [3.05, 3.63) is 24.3 Å². The fourth-order valence-corrected chi connectivity index (χ4v) is 12.4. The van der Waals surface area contributed by atoms with Gasteiger partial charge in [0.05, 0.1) is 26.4 Å². The molecule has 94 heavy (non-hydrogen) atoms. The van der Waals surface area contributed by atoms with E-state index in [0.717, 1.165) is 121 Å². The van der Waals surface area contributed by atoms with Gasteiger partial charge in [-0.3, -0.25) is 37.3 Å². The molecule has 0 bridgehead atoms. The quantitative estimate of drug-likeness (QED) is 0.0169. The average molecular weight is 1380 g/mol.